The van der Waals surface area contributed by atoms with E-state index in [-0.39, 0.29) is 11.7 Å². The Hall–Kier alpha value is -1.42. The second-order valence-electron chi connectivity index (χ2n) is 5.91. The van der Waals surface area contributed by atoms with Gasteiger partial charge in [-0.05, 0) is 26.0 Å². The minimum atomic E-state index is -0.206. The number of likely N-dealkylation sites (tertiary alicyclic amines) is 1. The van der Waals surface area contributed by atoms with Crippen molar-refractivity contribution in [3.8, 4) is 0 Å². The number of amides is 1. The molecule has 1 amide bonds. The predicted molar refractivity (Wildman–Crippen MR) is 82.4 cm³/mol. The highest BCUT2D eigenvalue weighted by Gasteiger charge is 2.17. The number of hydrogen-bond donors (Lipinski definition) is 0. The maximum absolute atomic E-state index is 13.6. The first kappa shape index (κ1) is 16.0. The topological polar surface area (TPSA) is 23.6 Å². The second kappa shape index (κ2) is 8.13. The standard InChI is InChI=1S/C17H25FN2O/c1-19(13-15-9-5-6-10-16(15)18)14-17(21)20-11-7-3-2-4-8-12-20/h5-6,9-10H,2-4,7-8,11-14H2,1H3. The summed E-state index contributed by atoms with van der Waals surface area (Å²) in [7, 11) is 1.87. The summed E-state index contributed by atoms with van der Waals surface area (Å²) < 4.78 is 13.6. The number of benzene rings is 1. The number of nitrogens with zero attached hydrogens (tertiary/aromatic N) is 2. The fourth-order valence-corrected chi connectivity index (χ4v) is 2.80. The van der Waals surface area contributed by atoms with Crippen molar-refractivity contribution in [3.05, 3.63) is 35.6 Å². The molecule has 1 aliphatic heterocycles. The first-order chi connectivity index (χ1) is 10.2. The number of hydrogen-bond acceptors (Lipinski definition) is 2. The Morgan fingerprint density at radius 1 is 1.14 bits per heavy atom. The molecule has 21 heavy (non-hydrogen) atoms. The third-order valence-electron chi connectivity index (χ3n) is 4.01. The third-order valence-corrected chi connectivity index (χ3v) is 4.01. The summed E-state index contributed by atoms with van der Waals surface area (Å²) in [5.74, 6) is -0.0428. The molecule has 1 aromatic rings. The predicted octanol–water partition coefficient (Wildman–Crippen LogP) is 3.05. The first-order valence-electron chi connectivity index (χ1n) is 7.86. The zero-order chi connectivity index (χ0) is 15.1. The third kappa shape index (κ3) is 5.12. The van der Waals surface area contributed by atoms with E-state index in [1.54, 1.807) is 12.1 Å². The van der Waals surface area contributed by atoms with Crippen molar-refractivity contribution in [2.75, 3.05) is 26.7 Å². The van der Waals surface area contributed by atoms with Gasteiger partial charge in [-0.25, -0.2) is 4.39 Å². The van der Waals surface area contributed by atoms with Crippen LogP contribution in [0.4, 0.5) is 4.39 Å². The van der Waals surface area contributed by atoms with Crippen LogP contribution in [0.1, 0.15) is 37.7 Å². The van der Waals surface area contributed by atoms with E-state index in [0.717, 1.165) is 25.9 Å². The number of halogens is 1. The van der Waals surface area contributed by atoms with Crippen molar-refractivity contribution in [2.24, 2.45) is 0 Å². The summed E-state index contributed by atoms with van der Waals surface area (Å²) in [6.07, 6.45) is 5.92. The molecular weight excluding hydrogens is 267 g/mol. The Morgan fingerprint density at radius 2 is 1.76 bits per heavy atom. The summed E-state index contributed by atoms with van der Waals surface area (Å²) >= 11 is 0. The van der Waals surface area contributed by atoms with Crippen molar-refractivity contribution in [1.82, 2.24) is 9.80 Å². The van der Waals surface area contributed by atoms with Crippen molar-refractivity contribution >= 4 is 5.91 Å². The summed E-state index contributed by atoms with van der Waals surface area (Å²) in [5.41, 5.74) is 0.639. The molecule has 2 rings (SSSR count). The smallest absolute Gasteiger partial charge is 0.236 e. The molecule has 3 nitrogen and oxygen atoms in total. The van der Waals surface area contributed by atoms with Gasteiger partial charge in [0.1, 0.15) is 5.82 Å². The molecule has 0 aromatic heterocycles. The number of rotatable bonds is 4. The van der Waals surface area contributed by atoms with E-state index < -0.39 is 0 Å². The molecule has 0 saturated carbocycles. The lowest BCUT2D eigenvalue weighted by atomic mass is 10.1. The van der Waals surface area contributed by atoms with Gasteiger partial charge in [0.2, 0.25) is 5.91 Å². The van der Waals surface area contributed by atoms with Gasteiger partial charge in [-0.15, -0.1) is 0 Å². The normalized spacial score (nSPS) is 16.6. The molecule has 4 heteroatoms. The van der Waals surface area contributed by atoms with E-state index in [0.29, 0.717) is 18.7 Å². The van der Waals surface area contributed by atoms with Crippen molar-refractivity contribution in [1.29, 1.82) is 0 Å². The van der Waals surface area contributed by atoms with Crippen LogP contribution in [-0.2, 0) is 11.3 Å². The van der Waals surface area contributed by atoms with Crippen LogP contribution < -0.4 is 0 Å². The molecular formula is C17H25FN2O. The van der Waals surface area contributed by atoms with E-state index in [2.05, 4.69) is 0 Å². The molecule has 0 bridgehead atoms. The molecule has 0 N–H and O–H groups in total. The Bertz CT molecular complexity index is 456. The molecule has 0 spiro atoms. The minimum absolute atomic E-state index is 0.163. The van der Waals surface area contributed by atoms with Gasteiger partial charge >= 0.3 is 0 Å². The van der Waals surface area contributed by atoms with Crippen LogP contribution in [0.3, 0.4) is 0 Å². The Labute approximate surface area is 126 Å². The van der Waals surface area contributed by atoms with Gasteiger partial charge < -0.3 is 4.90 Å². The fourth-order valence-electron chi connectivity index (χ4n) is 2.80. The summed E-state index contributed by atoms with van der Waals surface area (Å²) in [4.78, 5) is 16.2. The zero-order valence-corrected chi connectivity index (χ0v) is 12.9. The number of carbonyl (C=O) groups excluding carboxylic acids is 1. The van der Waals surface area contributed by atoms with Crippen LogP contribution in [0, 0.1) is 5.82 Å². The first-order valence-corrected chi connectivity index (χ1v) is 7.86. The molecule has 1 fully saturated rings. The molecule has 0 atom stereocenters. The molecule has 1 saturated heterocycles. The van der Waals surface area contributed by atoms with Gasteiger partial charge in [-0.1, -0.05) is 37.5 Å². The monoisotopic (exact) mass is 292 g/mol. The highest BCUT2D eigenvalue weighted by molar-refractivity contribution is 5.78. The lowest BCUT2D eigenvalue weighted by Crippen LogP contribution is -2.40. The largest absolute Gasteiger partial charge is 0.342 e. The van der Waals surface area contributed by atoms with E-state index in [9.17, 15) is 9.18 Å². The lowest BCUT2D eigenvalue weighted by Gasteiger charge is -2.27. The van der Waals surface area contributed by atoms with Crippen LogP contribution in [0.15, 0.2) is 24.3 Å². The van der Waals surface area contributed by atoms with E-state index >= 15 is 0 Å². The molecule has 0 radical (unpaired) electrons. The summed E-state index contributed by atoms with van der Waals surface area (Å²) in [6.45, 7) is 2.55. The molecule has 1 aliphatic rings. The molecule has 116 valence electrons. The van der Waals surface area contributed by atoms with Crippen LogP contribution in [0.25, 0.3) is 0 Å². The average Bonchev–Trinajstić information content (AvgIpc) is 2.40. The van der Waals surface area contributed by atoms with Gasteiger partial charge in [0.15, 0.2) is 0 Å². The van der Waals surface area contributed by atoms with Crippen molar-refractivity contribution < 1.29 is 9.18 Å². The quantitative estimate of drug-likeness (QED) is 0.851. The zero-order valence-electron chi connectivity index (χ0n) is 12.9. The van der Waals surface area contributed by atoms with Gasteiger partial charge in [0.25, 0.3) is 0 Å². The molecule has 0 aliphatic carbocycles. The minimum Gasteiger partial charge on any atom is -0.342 e. The van der Waals surface area contributed by atoms with Gasteiger partial charge in [0.05, 0.1) is 6.54 Å². The maximum atomic E-state index is 13.6. The summed E-state index contributed by atoms with van der Waals surface area (Å²) in [5, 5.41) is 0. The fraction of sp³-hybridized carbons (Fsp3) is 0.588. The Kier molecular flexibility index (Phi) is 6.18. The Morgan fingerprint density at radius 3 is 2.43 bits per heavy atom. The van der Waals surface area contributed by atoms with Crippen molar-refractivity contribution in [3.63, 3.8) is 0 Å². The second-order valence-corrected chi connectivity index (χ2v) is 5.91. The Balaban J connectivity index is 1.84. The van der Waals surface area contributed by atoms with E-state index in [1.807, 2.05) is 22.9 Å². The van der Waals surface area contributed by atoms with Crippen molar-refractivity contribution in [2.45, 2.75) is 38.6 Å². The van der Waals surface area contributed by atoms with Crippen LogP contribution >= 0.6 is 0 Å². The summed E-state index contributed by atoms with van der Waals surface area (Å²) in [6, 6.07) is 6.74. The van der Waals surface area contributed by atoms with Gasteiger partial charge in [0, 0.05) is 25.2 Å². The van der Waals surface area contributed by atoms with E-state index in [4.69, 9.17) is 0 Å². The van der Waals surface area contributed by atoms with Gasteiger partial charge in [-0.2, -0.15) is 0 Å². The highest BCUT2D eigenvalue weighted by Crippen LogP contribution is 2.12. The number of carbonyl (C=O) groups is 1. The molecule has 1 heterocycles. The van der Waals surface area contributed by atoms with Gasteiger partial charge in [-0.3, -0.25) is 9.69 Å². The van der Waals surface area contributed by atoms with E-state index in [1.165, 1.54) is 25.3 Å². The SMILES string of the molecule is CN(CC(=O)N1CCCCCCC1)Cc1ccccc1F. The van der Waals surface area contributed by atoms with Crippen LogP contribution in [0.5, 0.6) is 0 Å². The maximum Gasteiger partial charge on any atom is 0.236 e. The van der Waals surface area contributed by atoms with Crippen LogP contribution in [-0.4, -0.2) is 42.4 Å². The van der Waals surface area contributed by atoms with Crippen LogP contribution in [0.2, 0.25) is 0 Å². The number of likely N-dealkylation sites (N-methyl/N-ethyl adjacent to an activating group) is 1. The average molecular weight is 292 g/mol. The lowest BCUT2D eigenvalue weighted by molar-refractivity contribution is -0.132. The molecule has 0 unspecified atom stereocenters. The highest BCUT2D eigenvalue weighted by atomic mass is 19.1. The molecule has 1 aromatic carbocycles.